The second-order valence-electron chi connectivity index (χ2n) is 3.63. The molecule has 0 radical (unpaired) electrons. The summed E-state index contributed by atoms with van der Waals surface area (Å²) in [5.41, 5.74) is 2.71. The van der Waals surface area contributed by atoms with Crippen LogP contribution in [0.1, 0.15) is 29.4 Å². The molecular weight excluding hydrogens is 210 g/mol. The Hall–Kier alpha value is -1.28. The Bertz CT molecular complexity index is 501. The number of fused-ring (bicyclic) bond motifs is 1. The van der Waals surface area contributed by atoms with Crippen LogP contribution in [-0.4, -0.2) is 10.2 Å². The van der Waals surface area contributed by atoms with Crippen LogP contribution >= 0.6 is 11.6 Å². The van der Waals surface area contributed by atoms with Crippen LogP contribution in [0.2, 0.25) is 0 Å². The summed E-state index contributed by atoms with van der Waals surface area (Å²) in [6.45, 7) is 2.15. The van der Waals surface area contributed by atoms with Gasteiger partial charge in [0.25, 0.3) is 5.24 Å². The normalized spacial score (nSPS) is 10.8. The molecule has 0 aliphatic carbocycles. The molecule has 78 valence electrons. The number of carbonyl (C=O) groups is 1. The third-order valence-electron chi connectivity index (χ3n) is 2.44. The van der Waals surface area contributed by atoms with Gasteiger partial charge in [-0.1, -0.05) is 19.4 Å². The smallest absolute Gasteiger partial charge is 0.268 e. The highest BCUT2D eigenvalue weighted by molar-refractivity contribution is 6.67. The molecule has 0 amide bonds. The fourth-order valence-corrected chi connectivity index (χ4v) is 1.83. The van der Waals surface area contributed by atoms with Crippen LogP contribution in [0.4, 0.5) is 0 Å². The van der Waals surface area contributed by atoms with Gasteiger partial charge in [-0.15, -0.1) is 0 Å². The van der Waals surface area contributed by atoms with E-state index < -0.39 is 5.24 Å². The minimum atomic E-state index is -0.441. The van der Waals surface area contributed by atoms with Gasteiger partial charge >= 0.3 is 0 Å². The van der Waals surface area contributed by atoms with Gasteiger partial charge < -0.3 is 4.98 Å². The van der Waals surface area contributed by atoms with Crippen LogP contribution in [0, 0.1) is 0 Å². The first-order chi connectivity index (χ1) is 7.20. The Morgan fingerprint density at radius 2 is 2.20 bits per heavy atom. The van der Waals surface area contributed by atoms with Gasteiger partial charge in [0, 0.05) is 10.9 Å². The van der Waals surface area contributed by atoms with Crippen molar-refractivity contribution in [1.29, 1.82) is 0 Å². The van der Waals surface area contributed by atoms with Gasteiger partial charge in [-0.3, -0.25) is 4.79 Å². The zero-order valence-corrected chi connectivity index (χ0v) is 9.27. The van der Waals surface area contributed by atoms with E-state index >= 15 is 0 Å². The Labute approximate surface area is 93.2 Å². The molecule has 0 aliphatic heterocycles. The molecule has 1 N–H and O–H groups in total. The zero-order valence-electron chi connectivity index (χ0n) is 8.51. The number of rotatable bonds is 3. The second kappa shape index (κ2) is 4.07. The zero-order chi connectivity index (χ0) is 10.8. The first-order valence-electron chi connectivity index (χ1n) is 5.02. The summed E-state index contributed by atoms with van der Waals surface area (Å²) >= 11 is 5.41. The molecule has 2 nitrogen and oxygen atoms in total. The van der Waals surface area contributed by atoms with E-state index in [9.17, 15) is 4.79 Å². The number of benzene rings is 1. The molecule has 0 aliphatic rings. The minimum absolute atomic E-state index is 0.441. The van der Waals surface area contributed by atoms with Crippen LogP contribution in [0.15, 0.2) is 24.3 Å². The number of carbonyl (C=O) groups excluding carboxylic acids is 1. The number of H-pyrrole nitrogens is 1. The third kappa shape index (κ3) is 2.05. The molecule has 1 heterocycles. The summed E-state index contributed by atoms with van der Waals surface area (Å²) in [5, 5.41) is 0.605. The van der Waals surface area contributed by atoms with Crippen molar-refractivity contribution in [3.63, 3.8) is 0 Å². The first-order valence-corrected chi connectivity index (χ1v) is 5.40. The van der Waals surface area contributed by atoms with Crippen LogP contribution in [0.5, 0.6) is 0 Å². The predicted molar refractivity (Wildman–Crippen MR) is 62.5 cm³/mol. The van der Waals surface area contributed by atoms with E-state index in [1.54, 1.807) is 6.07 Å². The molecule has 0 fully saturated rings. The second-order valence-corrected chi connectivity index (χ2v) is 3.97. The standard InChI is InChI=1S/C12H12ClNO/c1-2-3-8-4-5-10-9(6-8)7-11(14-10)12(13)15/h4-7,14H,2-3H2,1H3. The SMILES string of the molecule is CCCc1ccc2[nH]c(C(=O)Cl)cc2c1. The maximum Gasteiger partial charge on any atom is 0.268 e. The van der Waals surface area contributed by atoms with Gasteiger partial charge in [0.15, 0.2) is 0 Å². The largest absolute Gasteiger partial charge is 0.351 e. The number of hydrogen-bond acceptors (Lipinski definition) is 1. The highest BCUT2D eigenvalue weighted by Gasteiger charge is 2.06. The molecule has 2 aromatic rings. The van der Waals surface area contributed by atoms with Crippen LogP contribution in [0.3, 0.4) is 0 Å². The average Bonchev–Trinajstić information content (AvgIpc) is 2.61. The number of aromatic amines is 1. The van der Waals surface area contributed by atoms with Crippen LogP contribution in [0.25, 0.3) is 10.9 Å². The van der Waals surface area contributed by atoms with Crippen molar-refractivity contribution >= 4 is 27.7 Å². The van der Waals surface area contributed by atoms with E-state index in [-0.39, 0.29) is 0 Å². The van der Waals surface area contributed by atoms with Crippen molar-refractivity contribution in [1.82, 2.24) is 4.98 Å². The lowest BCUT2D eigenvalue weighted by atomic mass is 10.1. The Kier molecular flexibility index (Phi) is 2.78. The van der Waals surface area contributed by atoms with Gasteiger partial charge in [-0.05, 0) is 41.8 Å². The first kappa shape index (κ1) is 10.2. The maximum atomic E-state index is 11.0. The Morgan fingerprint density at radius 3 is 2.87 bits per heavy atom. The van der Waals surface area contributed by atoms with E-state index in [1.807, 2.05) is 6.07 Å². The van der Waals surface area contributed by atoms with Gasteiger partial charge in [0.05, 0.1) is 5.69 Å². The molecule has 0 saturated carbocycles. The Morgan fingerprint density at radius 1 is 1.40 bits per heavy atom. The molecule has 0 atom stereocenters. The third-order valence-corrected chi connectivity index (χ3v) is 2.64. The molecule has 0 bridgehead atoms. The van der Waals surface area contributed by atoms with Gasteiger partial charge in [-0.25, -0.2) is 0 Å². The fourth-order valence-electron chi connectivity index (χ4n) is 1.73. The van der Waals surface area contributed by atoms with Gasteiger partial charge in [0.2, 0.25) is 0 Å². The summed E-state index contributed by atoms with van der Waals surface area (Å²) in [6, 6.07) is 7.96. The number of aryl methyl sites for hydroxylation is 1. The highest BCUT2D eigenvalue weighted by atomic mass is 35.5. The quantitative estimate of drug-likeness (QED) is 0.791. The summed E-state index contributed by atoms with van der Waals surface area (Å²) in [4.78, 5) is 13.9. The van der Waals surface area contributed by atoms with E-state index in [0.29, 0.717) is 5.69 Å². The minimum Gasteiger partial charge on any atom is -0.351 e. The number of hydrogen-bond donors (Lipinski definition) is 1. The average molecular weight is 222 g/mol. The molecule has 0 saturated heterocycles. The summed E-state index contributed by atoms with van der Waals surface area (Å²) in [5.74, 6) is 0. The van der Waals surface area contributed by atoms with E-state index in [4.69, 9.17) is 11.6 Å². The number of halogens is 1. The van der Waals surface area contributed by atoms with E-state index in [0.717, 1.165) is 23.7 Å². The van der Waals surface area contributed by atoms with Crippen molar-refractivity contribution in [2.24, 2.45) is 0 Å². The summed E-state index contributed by atoms with van der Waals surface area (Å²) in [7, 11) is 0. The van der Waals surface area contributed by atoms with Crippen molar-refractivity contribution in [2.75, 3.05) is 0 Å². The fraction of sp³-hybridized carbons (Fsp3) is 0.250. The molecule has 1 aromatic carbocycles. The number of aromatic nitrogens is 1. The van der Waals surface area contributed by atoms with E-state index in [1.165, 1.54) is 5.56 Å². The van der Waals surface area contributed by atoms with Crippen molar-refractivity contribution in [2.45, 2.75) is 19.8 Å². The lowest BCUT2D eigenvalue weighted by Gasteiger charge is -1.97. The topological polar surface area (TPSA) is 32.9 Å². The van der Waals surface area contributed by atoms with Crippen LogP contribution < -0.4 is 0 Å². The highest BCUT2D eigenvalue weighted by Crippen LogP contribution is 2.19. The van der Waals surface area contributed by atoms with E-state index in [2.05, 4.69) is 24.0 Å². The molecular formula is C12H12ClNO. The lowest BCUT2D eigenvalue weighted by Crippen LogP contribution is -1.85. The molecule has 3 heteroatoms. The molecule has 2 rings (SSSR count). The van der Waals surface area contributed by atoms with Crippen molar-refractivity contribution in [3.8, 4) is 0 Å². The number of nitrogens with one attached hydrogen (secondary N) is 1. The van der Waals surface area contributed by atoms with Gasteiger partial charge in [-0.2, -0.15) is 0 Å². The summed E-state index contributed by atoms with van der Waals surface area (Å²) in [6.07, 6.45) is 2.18. The van der Waals surface area contributed by atoms with Gasteiger partial charge in [0.1, 0.15) is 0 Å². The molecule has 0 unspecified atom stereocenters. The molecule has 15 heavy (non-hydrogen) atoms. The molecule has 1 aromatic heterocycles. The maximum absolute atomic E-state index is 11.0. The predicted octanol–water partition coefficient (Wildman–Crippen LogP) is 3.50. The lowest BCUT2D eigenvalue weighted by molar-refractivity contribution is 0.107. The molecule has 0 spiro atoms. The monoisotopic (exact) mass is 221 g/mol. The van der Waals surface area contributed by atoms with Crippen molar-refractivity contribution in [3.05, 3.63) is 35.5 Å². The van der Waals surface area contributed by atoms with Crippen LogP contribution in [-0.2, 0) is 6.42 Å². The van der Waals surface area contributed by atoms with Crippen molar-refractivity contribution < 1.29 is 4.79 Å². The Balaban J connectivity index is 2.47. The summed E-state index contributed by atoms with van der Waals surface area (Å²) < 4.78 is 0.